The van der Waals surface area contributed by atoms with E-state index < -0.39 is 0 Å². The quantitative estimate of drug-likeness (QED) is 0.723. The van der Waals surface area contributed by atoms with Crippen LogP contribution in [-0.2, 0) is 0 Å². The van der Waals surface area contributed by atoms with Crippen molar-refractivity contribution in [3.8, 4) is 0 Å². The zero-order chi connectivity index (χ0) is 12.1. The molecule has 0 radical (unpaired) electrons. The summed E-state index contributed by atoms with van der Waals surface area (Å²) in [5, 5.41) is 0. The van der Waals surface area contributed by atoms with Gasteiger partial charge in [-0.15, -0.1) is 0 Å². The first-order valence-corrected chi connectivity index (χ1v) is 5.93. The van der Waals surface area contributed by atoms with Crippen molar-refractivity contribution in [3.63, 3.8) is 0 Å². The summed E-state index contributed by atoms with van der Waals surface area (Å²) in [5.74, 6) is 1.25. The van der Waals surface area contributed by atoms with Crippen LogP contribution in [0.2, 0.25) is 0 Å². The first-order chi connectivity index (χ1) is 8.31. The molecular formula is C15H16O2. The summed E-state index contributed by atoms with van der Waals surface area (Å²) in [6.45, 7) is 2.07. The van der Waals surface area contributed by atoms with Gasteiger partial charge in [0.2, 0.25) is 0 Å². The fourth-order valence-electron chi connectivity index (χ4n) is 1.94. The Morgan fingerprint density at radius 2 is 1.94 bits per heavy atom. The molecule has 0 amide bonds. The summed E-state index contributed by atoms with van der Waals surface area (Å²) >= 11 is 0. The molecule has 1 aromatic heterocycles. The van der Waals surface area contributed by atoms with Crippen molar-refractivity contribution >= 4 is 5.78 Å². The third kappa shape index (κ3) is 2.84. The highest BCUT2D eigenvalue weighted by Crippen LogP contribution is 2.25. The molecule has 0 spiro atoms. The van der Waals surface area contributed by atoms with E-state index in [-0.39, 0.29) is 11.7 Å². The predicted molar refractivity (Wildman–Crippen MR) is 67.1 cm³/mol. The first-order valence-electron chi connectivity index (χ1n) is 5.93. The standard InChI is InChI=1S/C15H16O2/c1-2-12(15-9-6-10-17-15)11-14(16)13-7-4-3-5-8-13/h3-10,12H,2,11H2,1H3/t12-/m0/s1. The summed E-state index contributed by atoms with van der Waals surface area (Å²) < 4.78 is 5.37. The number of rotatable bonds is 5. The van der Waals surface area contributed by atoms with Gasteiger partial charge in [-0.2, -0.15) is 0 Å². The minimum atomic E-state index is 0.175. The molecule has 0 N–H and O–H groups in total. The Hall–Kier alpha value is -1.83. The van der Waals surface area contributed by atoms with E-state index in [1.807, 2.05) is 42.5 Å². The van der Waals surface area contributed by atoms with E-state index in [4.69, 9.17) is 4.42 Å². The van der Waals surface area contributed by atoms with Crippen LogP contribution < -0.4 is 0 Å². The van der Waals surface area contributed by atoms with Gasteiger partial charge in [-0.3, -0.25) is 4.79 Å². The fraction of sp³-hybridized carbons (Fsp3) is 0.267. The van der Waals surface area contributed by atoms with E-state index >= 15 is 0 Å². The second-order valence-electron chi connectivity index (χ2n) is 4.11. The molecule has 0 saturated heterocycles. The summed E-state index contributed by atoms with van der Waals surface area (Å²) in [6.07, 6.45) is 3.07. The molecule has 1 aromatic carbocycles. The van der Waals surface area contributed by atoms with E-state index in [1.54, 1.807) is 6.26 Å². The smallest absolute Gasteiger partial charge is 0.163 e. The van der Waals surface area contributed by atoms with Crippen molar-refractivity contribution in [1.82, 2.24) is 0 Å². The maximum Gasteiger partial charge on any atom is 0.163 e. The number of carbonyl (C=O) groups excluding carboxylic acids is 1. The van der Waals surface area contributed by atoms with E-state index in [0.717, 1.165) is 17.7 Å². The summed E-state index contributed by atoms with van der Waals surface area (Å²) in [4.78, 5) is 12.1. The van der Waals surface area contributed by atoms with Crippen LogP contribution in [0, 0.1) is 0 Å². The molecule has 0 fully saturated rings. The highest BCUT2D eigenvalue weighted by atomic mass is 16.3. The van der Waals surface area contributed by atoms with E-state index in [1.165, 1.54) is 0 Å². The van der Waals surface area contributed by atoms with Gasteiger partial charge in [0.05, 0.1) is 6.26 Å². The maximum absolute atomic E-state index is 12.1. The zero-order valence-corrected chi connectivity index (χ0v) is 9.93. The minimum Gasteiger partial charge on any atom is -0.469 e. The number of hydrogen-bond donors (Lipinski definition) is 0. The Balaban J connectivity index is 2.08. The number of hydrogen-bond acceptors (Lipinski definition) is 2. The topological polar surface area (TPSA) is 30.2 Å². The Labute approximate surface area is 101 Å². The molecule has 0 aliphatic rings. The molecule has 0 aliphatic carbocycles. The zero-order valence-electron chi connectivity index (χ0n) is 9.93. The first kappa shape index (κ1) is 11.6. The number of ketones is 1. The van der Waals surface area contributed by atoms with Crippen molar-refractivity contribution in [2.75, 3.05) is 0 Å². The van der Waals surface area contributed by atoms with E-state index in [0.29, 0.717) is 6.42 Å². The monoisotopic (exact) mass is 228 g/mol. The van der Waals surface area contributed by atoms with Gasteiger partial charge in [-0.25, -0.2) is 0 Å². The SMILES string of the molecule is CC[C@@H](CC(=O)c1ccccc1)c1ccco1. The van der Waals surface area contributed by atoms with Crippen molar-refractivity contribution in [3.05, 3.63) is 60.1 Å². The van der Waals surface area contributed by atoms with Crippen LogP contribution in [0.3, 0.4) is 0 Å². The summed E-state index contributed by atoms with van der Waals surface area (Å²) in [7, 11) is 0. The lowest BCUT2D eigenvalue weighted by molar-refractivity contribution is 0.0969. The molecular weight excluding hydrogens is 212 g/mol. The average Bonchev–Trinajstić information content (AvgIpc) is 2.90. The molecule has 0 unspecified atom stereocenters. The highest BCUT2D eigenvalue weighted by Gasteiger charge is 2.17. The number of furan rings is 1. The van der Waals surface area contributed by atoms with Crippen LogP contribution in [0.4, 0.5) is 0 Å². The minimum absolute atomic E-state index is 0.175. The second kappa shape index (κ2) is 5.48. The molecule has 1 atom stereocenters. The largest absolute Gasteiger partial charge is 0.469 e. The van der Waals surface area contributed by atoms with Crippen molar-refractivity contribution < 1.29 is 9.21 Å². The van der Waals surface area contributed by atoms with Crippen LogP contribution in [0.25, 0.3) is 0 Å². The van der Waals surface area contributed by atoms with Crippen LogP contribution in [0.5, 0.6) is 0 Å². The van der Waals surface area contributed by atoms with Gasteiger partial charge in [0.25, 0.3) is 0 Å². The molecule has 17 heavy (non-hydrogen) atoms. The Kier molecular flexibility index (Phi) is 3.76. The molecule has 2 nitrogen and oxygen atoms in total. The van der Waals surface area contributed by atoms with Crippen LogP contribution in [-0.4, -0.2) is 5.78 Å². The Morgan fingerprint density at radius 1 is 1.18 bits per heavy atom. The summed E-state index contributed by atoms with van der Waals surface area (Å²) in [6, 6.07) is 13.2. The van der Waals surface area contributed by atoms with Crippen molar-refractivity contribution in [2.45, 2.75) is 25.7 Å². The fourth-order valence-corrected chi connectivity index (χ4v) is 1.94. The summed E-state index contributed by atoms with van der Waals surface area (Å²) in [5.41, 5.74) is 0.775. The Morgan fingerprint density at radius 3 is 2.53 bits per heavy atom. The van der Waals surface area contributed by atoms with Gasteiger partial charge in [0.1, 0.15) is 5.76 Å². The molecule has 2 heteroatoms. The lowest BCUT2D eigenvalue weighted by atomic mass is 9.94. The molecule has 88 valence electrons. The molecule has 2 rings (SSSR count). The Bertz CT molecular complexity index is 457. The third-order valence-electron chi connectivity index (χ3n) is 2.97. The van der Waals surface area contributed by atoms with Crippen LogP contribution >= 0.6 is 0 Å². The number of benzene rings is 1. The normalized spacial score (nSPS) is 12.3. The van der Waals surface area contributed by atoms with Gasteiger partial charge in [0, 0.05) is 17.9 Å². The van der Waals surface area contributed by atoms with Gasteiger partial charge >= 0.3 is 0 Å². The van der Waals surface area contributed by atoms with Gasteiger partial charge in [-0.1, -0.05) is 37.3 Å². The van der Waals surface area contributed by atoms with Gasteiger partial charge < -0.3 is 4.42 Å². The molecule has 2 aromatic rings. The van der Waals surface area contributed by atoms with E-state index in [2.05, 4.69) is 6.92 Å². The molecule has 0 bridgehead atoms. The second-order valence-corrected chi connectivity index (χ2v) is 4.11. The average molecular weight is 228 g/mol. The molecule has 1 heterocycles. The number of carbonyl (C=O) groups is 1. The van der Waals surface area contributed by atoms with Crippen molar-refractivity contribution in [2.24, 2.45) is 0 Å². The maximum atomic E-state index is 12.1. The molecule has 0 saturated carbocycles. The number of Topliss-reactive ketones (excluding diaryl/α,β-unsaturated/α-hetero) is 1. The molecule has 0 aliphatic heterocycles. The van der Waals surface area contributed by atoms with Gasteiger partial charge in [0.15, 0.2) is 5.78 Å². The lowest BCUT2D eigenvalue weighted by Crippen LogP contribution is -2.06. The van der Waals surface area contributed by atoms with Crippen LogP contribution in [0.1, 0.15) is 41.8 Å². The van der Waals surface area contributed by atoms with Gasteiger partial charge in [-0.05, 0) is 18.6 Å². The third-order valence-corrected chi connectivity index (χ3v) is 2.97. The van der Waals surface area contributed by atoms with Crippen molar-refractivity contribution in [1.29, 1.82) is 0 Å². The predicted octanol–water partition coefficient (Wildman–Crippen LogP) is 4.05. The lowest BCUT2D eigenvalue weighted by Gasteiger charge is -2.10. The van der Waals surface area contributed by atoms with E-state index in [9.17, 15) is 4.79 Å². The highest BCUT2D eigenvalue weighted by molar-refractivity contribution is 5.96. The van der Waals surface area contributed by atoms with Crippen LogP contribution in [0.15, 0.2) is 53.1 Å².